The number of hydrogen-bond donors (Lipinski definition) is 0. The molecule has 19 heavy (non-hydrogen) atoms. The molecule has 0 bridgehead atoms. The summed E-state index contributed by atoms with van der Waals surface area (Å²) in [7, 11) is 0. The largest absolute Gasteiger partial charge is 0.488 e. The molecule has 2 aromatic rings. The SMILES string of the molecule is O=Cc1cc(Cl)ccc1OCc1cc(Cl)ccc1Cl. The Morgan fingerprint density at radius 3 is 2.42 bits per heavy atom. The first-order valence-corrected chi connectivity index (χ1v) is 6.55. The molecule has 5 heteroatoms. The van der Waals surface area contributed by atoms with E-state index in [4.69, 9.17) is 39.5 Å². The zero-order chi connectivity index (χ0) is 13.8. The van der Waals surface area contributed by atoms with Gasteiger partial charge in [-0.2, -0.15) is 0 Å². The fourth-order valence-corrected chi connectivity index (χ4v) is 2.10. The van der Waals surface area contributed by atoms with Gasteiger partial charge in [0.15, 0.2) is 6.29 Å². The molecule has 0 saturated carbocycles. The number of halogens is 3. The van der Waals surface area contributed by atoms with Crippen LogP contribution >= 0.6 is 34.8 Å². The van der Waals surface area contributed by atoms with Crippen molar-refractivity contribution in [3.8, 4) is 5.75 Å². The molecule has 0 aliphatic carbocycles. The van der Waals surface area contributed by atoms with Crippen molar-refractivity contribution in [3.63, 3.8) is 0 Å². The maximum Gasteiger partial charge on any atom is 0.153 e. The molecule has 0 unspecified atom stereocenters. The van der Waals surface area contributed by atoms with E-state index in [1.807, 2.05) is 0 Å². The van der Waals surface area contributed by atoms with Crippen LogP contribution in [0, 0.1) is 0 Å². The lowest BCUT2D eigenvalue weighted by atomic mass is 10.2. The van der Waals surface area contributed by atoms with Crippen LogP contribution in [0.15, 0.2) is 36.4 Å². The van der Waals surface area contributed by atoms with E-state index in [9.17, 15) is 4.79 Å². The molecule has 0 aliphatic heterocycles. The highest BCUT2D eigenvalue weighted by atomic mass is 35.5. The third-order valence-electron chi connectivity index (χ3n) is 2.49. The van der Waals surface area contributed by atoms with E-state index in [2.05, 4.69) is 0 Å². The number of ether oxygens (including phenoxy) is 1. The number of aldehydes is 1. The highest BCUT2D eigenvalue weighted by molar-refractivity contribution is 6.33. The highest BCUT2D eigenvalue weighted by Crippen LogP contribution is 2.25. The van der Waals surface area contributed by atoms with Crippen molar-refractivity contribution in [1.29, 1.82) is 0 Å². The van der Waals surface area contributed by atoms with Crippen LogP contribution in [0.1, 0.15) is 15.9 Å². The normalized spacial score (nSPS) is 10.3. The Morgan fingerprint density at radius 1 is 1.00 bits per heavy atom. The van der Waals surface area contributed by atoms with Gasteiger partial charge in [-0.25, -0.2) is 0 Å². The molecular formula is C14H9Cl3O2. The van der Waals surface area contributed by atoms with Gasteiger partial charge in [0.1, 0.15) is 12.4 Å². The molecule has 2 rings (SSSR count). The minimum absolute atomic E-state index is 0.224. The minimum Gasteiger partial charge on any atom is -0.488 e. The van der Waals surface area contributed by atoms with E-state index in [1.54, 1.807) is 36.4 Å². The van der Waals surface area contributed by atoms with Gasteiger partial charge in [-0.05, 0) is 36.4 Å². The van der Waals surface area contributed by atoms with Crippen LogP contribution in [-0.4, -0.2) is 6.29 Å². The lowest BCUT2D eigenvalue weighted by molar-refractivity contribution is 0.111. The molecule has 0 aliphatic rings. The van der Waals surface area contributed by atoms with Gasteiger partial charge in [0, 0.05) is 20.6 Å². The van der Waals surface area contributed by atoms with Gasteiger partial charge in [0.25, 0.3) is 0 Å². The van der Waals surface area contributed by atoms with Gasteiger partial charge in [-0.15, -0.1) is 0 Å². The summed E-state index contributed by atoms with van der Waals surface area (Å²) >= 11 is 17.7. The van der Waals surface area contributed by atoms with Crippen LogP contribution in [0.2, 0.25) is 15.1 Å². The fraction of sp³-hybridized carbons (Fsp3) is 0.0714. The zero-order valence-corrected chi connectivity index (χ0v) is 12.0. The van der Waals surface area contributed by atoms with Crippen LogP contribution in [0.5, 0.6) is 5.75 Å². The Morgan fingerprint density at radius 2 is 1.68 bits per heavy atom. The molecule has 0 saturated heterocycles. The van der Waals surface area contributed by atoms with Gasteiger partial charge in [-0.1, -0.05) is 34.8 Å². The van der Waals surface area contributed by atoms with Crippen LogP contribution in [0.4, 0.5) is 0 Å². The van der Waals surface area contributed by atoms with E-state index in [0.717, 1.165) is 5.56 Å². The summed E-state index contributed by atoms with van der Waals surface area (Å²) in [5.74, 6) is 0.454. The van der Waals surface area contributed by atoms with Crippen molar-refractivity contribution >= 4 is 41.1 Å². The first-order chi connectivity index (χ1) is 9.10. The second kappa shape index (κ2) is 6.29. The van der Waals surface area contributed by atoms with Gasteiger partial charge >= 0.3 is 0 Å². The number of carbonyl (C=O) groups is 1. The minimum atomic E-state index is 0.224. The molecule has 0 N–H and O–H groups in total. The predicted molar refractivity (Wildman–Crippen MR) is 77.6 cm³/mol. The lowest BCUT2D eigenvalue weighted by Crippen LogP contribution is -1.99. The third-order valence-corrected chi connectivity index (χ3v) is 3.33. The molecule has 0 heterocycles. The molecule has 0 atom stereocenters. The second-order valence-corrected chi connectivity index (χ2v) is 5.10. The summed E-state index contributed by atoms with van der Waals surface area (Å²) in [5, 5.41) is 1.62. The summed E-state index contributed by atoms with van der Waals surface area (Å²) in [5.41, 5.74) is 1.15. The van der Waals surface area contributed by atoms with Crippen molar-refractivity contribution < 1.29 is 9.53 Å². The van der Waals surface area contributed by atoms with Crippen molar-refractivity contribution in [2.75, 3.05) is 0 Å². The van der Waals surface area contributed by atoms with Crippen molar-refractivity contribution in [2.24, 2.45) is 0 Å². The lowest BCUT2D eigenvalue weighted by Gasteiger charge is -2.10. The topological polar surface area (TPSA) is 26.3 Å². The average molecular weight is 316 g/mol. The smallest absolute Gasteiger partial charge is 0.153 e. The number of benzene rings is 2. The van der Waals surface area contributed by atoms with Crippen LogP contribution in [0.25, 0.3) is 0 Å². The first kappa shape index (κ1) is 14.2. The maximum atomic E-state index is 10.9. The molecule has 0 radical (unpaired) electrons. The zero-order valence-electron chi connectivity index (χ0n) is 9.70. The molecule has 2 aromatic carbocycles. The Labute approximate surface area is 125 Å². The molecule has 0 amide bonds. The van der Waals surface area contributed by atoms with Gasteiger partial charge in [0.2, 0.25) is 0 Å². The highest BCUT2D eigenvalue weighted by Gasteiger charge is 2.06. The monoisotopic (exact) mass is 314 g/mol. The summed E-state index contributed by atoms with van der Waals surface area (Å²) < 4.78 is 5.57. The number of rotatable bonds is 4. The number of hydrogen-bond acceptors (Lipinski definition) is 2. The van der Waals surface area contributed by atoms with Crippen molar-refractivity contribution in [3.05, 3.63) is 62.6 Å². The summed E-state index contributed by atoms with van der Waals surface area (Å²) in [6, 6.07) is 9.97. The predicted octanol–water partition coefficient (Wildman–Crippen LogP) is 5.04. The summed E-state index contributed by atoms with van der Waals surface area (Å²) in [6.07, 6.45) is 0.695. The Kier molecular flexibility index (Phi) is 4.70. The quantitative estimate of drug-likeness (QED) is 0.739. The van der Waals surface area contributed by atoms with Crippen molar-refractivity contribution in [2.45, 2.75) is 6.61 Å². The van der Waals surface area contributed by atoms with Crippen LogP contribution < -0.4 is 4.74 Å². The Bertz CT molecular complexity index is 612. The number of carbonyl (C=O) groups excluding carboxylic acids is 1. The maximum absolute atomic E-state index is 10.9. The molecule has 0 aromatic heterocycles. The average Bonchev–Trinajstić information content (AvgIpc) is 2.40. The molecule has 0 fully saturated rings. The third kappa shape index (κ3) is 3.63. The van der Waals surface area contributed by atoms with E-state index >= 15 is 0 Å². The summed E-state index contributed by atoms with van der Waals surface area (Å²) in [6.45, 7) is 0.224. The molecule has 2 nitrogen and oxygen atoms in total. The summed E-state index contributed by atoms with van der Waals surface area (Å²) in [4.78, 5) is 10.9. The van der Waals surface area contributed by atoms with E-state index in [-0.39, 0.29) is 6.61 Å². The molecule has 0 spiro atoms. The second-order valence-electron chi connectivity index (χ2n) is 3.82. The van der Waals surface area contributed by atoms with E-state index in [1.165, 1.54) is 0 Å². The Balaban J connectivity index is 2.18. The van der Waals surface area contributed by atoms with E-state index in [0.29, 0.717) is 32.7 Å². The van der Waals surface area contributed by atoms with Crippen molar-refractivity contribution in [1.82, 2.24) is 0 Å². The van der Waals surface area contributed by atoms with Gasteiger partial charge in [-0.3, -0.25) is 4.79 Å². The fourth-order valence-electron chi connectivity index (χ4n) is 1.55. The van der Waals surface area contributed by atoms with Gasteiger partial charge in [0.05, 0.1) is 5.56 Å². The Hall–Kier alpha value is -1.22. The molecule has 98 valence electrons. The molecular weight excluding hydrogens is 307 g/mol. The van der Waals surface area contributed by atoms with Gasteiger partial charge < -0.3 is 4.74 Å². The first-order valence-electron chi connectivity index (χ1n) is 5.41. The van der Waals surface area contributed by atoms with E-state index < -0.39 is 0 Å². The van der Waals surface area contributed by atoms with Crippen LogP contribution in [0.3, 0.4) is 0 Å². The van der Waals surface area contributed by atoms with Crippen LogP contribution in [-0.2, 0) is 6.61 Å². The standard InChI is InChI=1S/C14H9Cl3O2/c15-11-1-3-13(17)10(6-11)8-19-14-4-2-12(16)5-9(14)7-18/h1-7H,8H2.